The number of hydrogen-bond donors (Lipinski definition) is 1. The summed E-state index contributed by atoms with van der Waals surface area (Å²) < 4.78 is 10.8. The van der Waals surface area contributed by atoms with E-state index in [4.69, 9.17) is 9.47 Å². The SMILES string of the molecule is CCC(C)(C(=O)Nc1ccc2c(c1)OCO2)N(Cc1cccnc1)C(=O)Cc1ccccc1. The first-order valence-electron chi connectivity index (χ1n) is 10.9. The van der Waals surface area contributed by atoms with Crippen molar-refractivity contribution in [1.29, 1.82) is 0 Å². The molecule has 0 saturated heterocycles. The van der Waals surface area contributed by atoms with E-state index in [0.717, 1.165) is 11.1 Å². The van der Waals surface area contributed by atoms with Crippen molar-refractivity contribution in [3.63, 3.8) is 0 Å². The van der Waals surface area contributed by atoms with Gasteiger partial charge >= 0.3 is 0 Å². The molecule has 0 radical (unpaired) electrons. The fourth-order valence-electron chi connectivity index (χ4n) is 3.79. The second kappa shape index (κ2) is 9.73. The maximum Gasteiger partial charge on any atom is 0.250 e. The minimum absolute atomic E-state index is 0.129. The van der Waals surface area contributed by atoms with Gasteiger partial charge in [-0.05, 0) is 42.7 Å². The van der Waals surface area contributed by atoms with Gasteiger partial charge in [-0.2, -0.15) is 0 Å². The lowest BCUT2D eigenvalue weighted by Gasteiger charge is -2.39. The molecular weight excluding hydrogens is 418 g/mol. The van der Waals surface area contributed by atoms with Crippen molar-refractivity contribution in [2.24, 2.45) is 0 Å². The fraction of sp³-hybridized carbons (Fsp3) is 0.269. The number of anilines is 1. The van der Waals surface area contributed by atoms with Gasteiger partial charge in [0.2, 0.25) is 18.6 Å². The summed E-state index contributed by atoms with van der Waals surface area (Å²) in [5.41, 5.74) is 1.25. The first kappa shape index (κ1) is 22.3. The number of nitrogens with zero attached hydrogens (tertiary/aromatic N) is 2. The average molecular weight is 446 g/mol. The highest BCUT2D eigenvalue weighted by Gasteiger charge is 2.41. The van der Waals surface area contributed by atoms with E-state index in [1.165, 1.54) is 0 Å². The third kappa shape index (κ3) is 4.98. The van der Waals surface area contributed by atoms with E-state index in [0.29, 0.717) is 23.6 Å². The molecular formula is C26H27N3O4. The van der Waals surface area contributed by atoms with E-state index in [1.54, 1.807) is 42.4 Å². The predicted molar refractivity (Wildman–Crippen MR) is 125 cm³/mol. The van der Waals surface area contributed by atoms with Gasteiger partial charge in [0.15, 0.2) is 11.5 Å². The van der Waals surface area contributed by atoms with Gasteiger partial charge in [-0.25, -0.2) is 0 Å². The molecule has 1 N–H and O–H groups in total. The minimum Gasteiger partial charge on any atom is -0.454 e. The third-order valence-electron chi connectivity index (χ3n) is 5.97. The maximum absolute atomic E-state index is 13.6. The zero-order chi connectivity index (χ0) is 23.3. The highest BCUT2D eigenvalue weighted by atomic mass is 16.7. The van der Waals surface area contributed by atoms with Crippen LogP contribution in [0.25, 0.3) is 0 Å². The summed E-state index contributed by atoms with van der Waals surface area (Å²) in [5.74, 6) is 0.824. The van der Waals surface area contributed by atoms with Crippen molar-refractivity contribution in [3.8, 4) is 11.5 Å². The van der Waals surface area contributed by atoms with Gasteiger partial charge in [0.25, 0.3) is 0 Å². The lowest BCUT2D eigenvalue weighted by Crippen LogP contribution is -2.56. The minimum atomic E-state index is -1.09. The molecule has 33 heavy (non-hydrogen) atoms. The summed E-state index contributed by atoms with van der Waals surface area (Å²) in [6.45, 7) is 4.14. The van der Waals surface area contributed by atoms with E-state index in [2.05, 4.69) is 10.3 Å². The molecule has 4 rings (SSSR count). The molecule has 7 heteroatoms. The number of pyridine rings is 1. The maximum atomic E-state index is 13.6. The highest BCUT2D eigenvalue weighted by molar-refractivity contribution is 6.00. The Kier molecular flexibility index (Phi) is 6.58. The molecule has 2 heterocycles. The number of fused-ring (bicyclic) bond motifs is 1. The number of carbonyl (C=O) groups is 2. The predicted octanol–water partition coefficient (Wildman–Crippen LogP) is 4.19. The van der Waals surface area contributed by atoms with E-state index in [9.17, 15) is 9.59 Å². The van der Waals surface area contributed by atoms with Crippen LogP contribution < -0.4 is 14.8 Å². The van der Waals surface area contributed by atoms with Crippen LogP contribution in [-0.4, -0.2) is 34.0 Å². The Bertz CT molecular complexity index is 1120. The molecule has 170 valence electrons. The van der Waals surface area contributed by atoms with Crippen molar-refractivity contribution in [2.45, 2.75) is 38.8 Å². The van der Waals surface area contributed by atoms with E-state index in [-0.39, 0.29) is 31.6 Å². The zero-order valence-corrected chi connectivity index (χ0v) is 18.8. The quantitative estimate of drug-likeness (QED) is 0.562. The van der Waals surface area contributed by atoms with Crippen LogP contribution in [0.5, 0.6) is 11.5 Å². The van der Waals surface area contributed by atoms with Gasteiger partial charge in [0.1, 0.15) is 5.54 Å². The van der Waals surface area contributed by atoms with Crippen molar-refractivity contribution in [3.05, 3.63) is 84.2 Å². The number of nitrogens with one attached hydrogen (secondary N) is 1. The summed E-state index contributed by atoms with van der Waals surface area (Å²) in [5, 5.41) is 2.96. The van der Waals surface area contributed by atoms with Crippen LogP contribution in [0, 0.1) is 0 Å². The molecule has 0 bridgehead atoms. The van der Waals surface area contributed by atoms with Crippen LogP contribution in [0.15, 0.2) is 73.1 Å². The molecule has 0 spiro atoms. The molecule has 2 aromatic carbocycles. The van der Waals surface area contributed by atoms with Crippen LogP contribution in [0.4, 0.5) is 5.69 Å². The first-order valence-corrected chi connectivity index (χ1v) is 10.9. The number of rotatable bonds is 8. The smallest absolute Gasteiger partial charge is 0.250 e. The molecule has 3 aromatic rings. The van der Waals surface area contributed by atoms with Gasteiger partial charge in [-0.15, -0.1) is 0 Å². The van der Waals surface area contributed by atoms with Crippen LogP contribution in [0.1, 0.15) is 31.4 Å². The number of amides is 2. The number of benzene rings is 2. The molecule has 2 amide bonds. The largest absolute Gasteiger partial charge is 0.454 e. The van der Waals surface area contributed by atoms with Crippen LogP contribution in [0.2, 0.25) is 0 Å². The van der Waals surface area contributed by atoms with Crippen molar-refractivity contribution in [2.75, 3.05) is 12.1 Å². The second-order valence-electron chi connectivity index (χ2n) is 8.15. The molecule has 0 saturated carbocycles. The van der Waals surface area contributed by atoms with Crippen molar-refractivity contribution >= 4 is 17.5 Å². The number of hydrogen-bond acceptors (Lipinski definition) is 5. The number of carbonyl (C=O) groups excluding carboxylic acids is 2. The molecule has 1 unspecified atom stereocenters. The third-order valence-corrected chi connectivity index (χ3v) is 5.97. The summed E-state index contributed by atoms with van der Waals surface area (Å²) in [6, 6.07) is 18.5. The fourth-order valence-corrected chi connectivity index (χ4v) is 3.79. The van der Waals surface area contributed by atoms with E-state index < -0.39 is 5.54 Å². The summed E-state index contributed by atoms with van der Waals surface area (Å²) >= 11 is 0. The van der Waals surface area contributed by atoms with Gasteiger partial charge in [0.05, 0.1) is 6.42 Å². The highest BCUT2D eigenvalue weighted by Crippen LogP contribution is 2.35. The Hall–Kier alpha value is -3.87. The zero-order valence-electron chi connectivity index (χ0n) is 18.8. The molecule has 0 fully saturated rings. The summed E-state index contributed by atoms with van der Waals surface area (Å²) in [6.07, 6.45) is 4.04. The van der Waals surface area contributed by atoms with E-state index >= 15 is 0 Å². The topological polar surface area (TPSA) is 80.8 Å². The molecule has 0 aliphatic carbocycles. The number of ether oxygens (including phenoxy) is 2. The van der Waals surface area contributed by atoms with Gasteiger partial charge in [-0.3, -0.25) is 14.6 Å². The Balaban J connectivity index is 1.61. The standard InChI is InChI=1S/C26H27N3O4/c1-3-26(2,25(31)28-21-11-12-22-23(15-21)33-18-32-22)29(17-20-10-7-13-27-16-20)24(30)14-19-8-5-4-6-9-19/h4-13,15-16H,3,14,17-18H2,1-2H3,(H,28,31). The van der Waals surface area contributed by atoms with Gasteiger partial charge in [-0.1, -0.05) is 43.3 Å². The van der Waals surface area contributed by atoms with Gasteiger partial charge < -0.3 is 19.7 Å². The second-order valence-corrected chi connectivity index (χ2v) is 8.15. The Morgan fingerprint density at radius 3 is 2.52 bits per heavy atom. The Morgan fingerprint density at radius 1 is 1.03 bits per heavy atom. The monoisotopic (exact) mass is 445 g/mol. The van der Waals surface area contributed by atoms with Crippen LogP contribution >= 0.6 is 0 Å². The summed E-state index contributed by atoms with van der Waals surface area (Å²) in [7, 11) is 0. The first-order chi connectivity index (χ1) is 16.0. The summed E-state index contributed by atoms with van der Waals surface area (Å²) in [4.78, 5) is 32.9. The van der Waals surface area contributed by atoms with Gasteiger partial charge in [0, 0.05) is 30.7 Å². The molecule has 1 aliphatic rings. The van der Waals surface area contributed by atoms with Crippen LogP contribution in [-0.2, 0) is 22.6 Å². The van der Waals surface area contributed by atoms with E-state index in [1.807, 2.05) is 49.4 Å². The number of aromatic nitrogens is 1. The van der Waals surface area contributed by atoms with Crippen molar-refractivity contribution in [1.82, 2.24) is 9.88 Å². The van der Waals surface area contributed by atoms with Crippen molar-refractivity contribution < 1.29 is 19.1 Å². The molecule has 1 atom stereocenters. The van der Waals surface area contributed by atoms with Crippen LogP contribution in [0.3, 0.4) is 0 Å². The normalized spacial score (nSPS) is 13.8. The Labute approximate surface area is 193 Å². The molecule has 7 nitrogen and oxygen atoms in total. The average Bonchev–Trinajstić information content (AvgIpc) is 3.31. The Morgan fingerprint density at radius 2 is 1.79 bits per heavy atom. The lowest BCUT2D eigenvalue weighted by atomic mass is 9.93. The lowest BCUT2D eigenvalue weighted by molar-refractivity contribution is -0.145. The molecule has 1 aromatic heterocycles. The molecule has 1 aliphatic heterocycles.